The van der Waals surface area contributed by atoms with Crippen LogP contribution in [0, 0.1) is 0 Å². The number of hydrogen-bond acceptors (Lipinski definition) is 2. The second-order valence-corrected chi connectivity index (χ2v) is 6.56. The molecule has 4 nitrogen and oxygen atoms in total. The van der Waals surface area contributed by atoms with Gasteiger partial charge in [0.05, 0.1) is 4.47 Å². The predicted octanol–water partition coefficient (Wildman–Crippen LogP) is 3.85. The lowest BCUT2D eigenvalue weighted by molar-refractivity contribution is 0.0684. The SMILES string of the molecule is Cn1nc(-c2ccc(C(C)(C)C)cc2)c(Br)c1C(=O)O. The van der Waals surface area contributed by atoms with E-state index in [9.17, 15) is 4.79 Å². The fourth-order valence-electron chi connectivity index (χ4n) is 2.04. The van der Waals surface area contributed by atoms with E-state index in [1.807, 2.05) is 12.1 Å². The van der Waals surface area contributed by atoms with Crippen molar-refractivity contribution < 1.29 is 9.90 Å². The average molecular weight is 337 g/mol. The summed E-state index contributed by atoms with van der Waals surface area (Å²) < 4.78 is 1.88. The lowest BCUT2D eigenvalue weighted by Gasteiger charge is -2.18. The Balaban J connectivity index is 2.48. The zero-order valence-corrected chi connectivity index (χ0v) is 13.5. The molecule has 1 aromatic carbocycles. The summed E-state index contributed by atoms with van der Waals surface area (Å²) in [5, 5.41) is 13.4. The molecule has 1 aromatic heterocycles. The van der Waals surface area contributed by atoms with Crippen molar-refractivity contribution in [3.05, 3.63) is 40.0 Å². The summed E-state index contributed by atoms with van der Waals surface area (Å²) in [5.74, 6) is -0.996. The highest BCUT2D eigenvalue weighted by Crippen LogP contribution is 2.31. The van der Waals surface area contributed by atoms with E-state index in [0.29, 0.717) is 10.2 Å². The normalized spacial score (nSPS) is 11.7. The molecule has 0 radical (unpaired) electrons. The minimum atomic E-state index is -0.996. The van der Waals surface area contributed by atoms with Crippen LogP contribution in [-0.2, 0) is 12.5 Å². The molecule has 0 saturated heterocycles. The molecule has 2 aromatic rings. The first-order chi connectivity index (χ1) is 9.21. The number of benzene rings is 1. The van der Waals surface area contributed by atoms with E-state index >= 15 is 0 Å². The number of hydrogen-bond donors (Lipinski definition) is 1. The van der Waals surface area contributed by atoms with Gasteiger partial charge in [-0.1, -0.05) is 45.0 Å². The Labute approximate surface area is 126 Å². The summed E-state index contributed by atoms with van der Waals surface area (Å²) in [6.45, 7) is 6.46. The van der Waals surface area contributed by atoms with Gasteiger partial charge in [-0.15, -0.1) is 0 Å². The predicted molar refractivity (Wildman–Crippen MR) is 82.0 cm³/mol. The lowest BCUT2D eigenvalue weighted by Crippen LogP contribution is -2.10. The molecule has 20 heavy (non-hydrogen) atoms. The van der Waals surface area contributed by atoms with Gasteiger partial charge >= 0.3 is 5.97 Å². The van der Waals surface area contributed by atoms with Crippen molar-refractivity contribution in [3.8, 4) is 11.3 Å². The lowest BCUT2D eigenvalue weighted by atomic mass is 9.86. The molecule has 0 saturated carbocycles. The van der Waals surface area contributed by atoms with Crippen LogP contribution in [0.5, 0.6) is 0 Å². The Bertz CT molecular complexity index is 652. The molecular weight excluding hydrogens is 320 g/mol. The van der Waals surface area contributed by atoms with Gasteiger partial charge in [-0.25, -0.2) is 4.79 Å². The first-order valence-electron chi connectivity index (χ1n) is 6.28. The Morgan fingerprint density at radius 3 is 2.20 bits per heavy atom. The Morgan fingerprint density at radius 1 is 1.25 bits per heavy atom. The van der Waals surface area contributed by atoms with Gasteiger partial charge in [-0.3, -0.25) is 4.68 Å². The summed E-state index contributed by atoms with van der Waals surface area (Å²) >= 11 is 3.33. The number of rotatable bonds is 2. The summed E-state index contributed by atoms with van der Waals surface area (Å²) in [4.78, 5) is 11.2. The van der Waals surface area contributed by atoms with Crippen molar-refractivity contribution in [1.29, 1.82) is 0 Å². The van der Waals surface area contributed by atoms with Crippen LogP contribution in [0.3, 0.4) is 0 Å². The standard InChI is InChI=1S/C15H17BrN2O2/c1-15(2,3)10-7-5-9(6-8-10)12-11(16)13(14(19)20)18(4)17-12/h5-8H,1-4H3,(H,19,20). The molecule has 2 rings (SSSR count). The zero-order chi connectivity index (χ0) is 15.1. The number of nitrogens with zero attached hydrogens (tertiary/aromatic N) is 2. The Kier molecular flexibility index (Phi) is 3.73. The number of aromatic nitrogens is 2. The number of halogens is 1. The second kappa shape index (κ2) is 5.05. The molecule has 1 heterocycles. The summed E-state index contributed by atoms with van der Waals surface area (Å²) in [5.41, 5.74) is 3.01. The molecular formula is C15H17BrN2O2. The van der Waals surface area contributed by atoms with Crippen LogP contribution in [0.4, 0.5) is 0 Å². The molecule has 0 aliphatic heterocycles. The van der Waals surface area contributed by atoms with Gasteiger partial charge in [0.15, 0.2) is 5.69 Å². The minimum absolute atomic E-state index is 0.0894. The van der Waals surface area contributed by atoms with E-state index in [2.05, 4.69) is 53.9 Å². The van der Waals surface area contributed by atoms with Gasteiger partial charge in [0, 0.05) is 12.6 Å². The van der Waals surface area contributed by atoms with E-state index in [-0.39, 0.29) is 11.1 Å². The zero-order valence-electron chi connectivity index (χ0n) is 11.9. The summed E-state index contributed by atoms with van der Waals surface area (Å²) in [7, 11) is 1.63. The van der Waals surface area contributed by atoms with Crippen LogP contribution in [-0.4, -0.2) is 20.9 Å². The third-order valence-electron chi connectivity index (χ3n) is 3.22. The number of aromatic carboxylic acids is 1. The largest absolute Gasteiger partial charge is 0.476 e. The topological polar surface area (TPSA) is 55.1 Å². The highest BCUT2D eigenvalue weighted by molar-refractivity contribution is 9.10. The van der Waals surface area contributed by atoms with Gasteiger partial charge in [-0.05, 0) is 26.9 Å². The van der Waals surface area contributed by atoms with Crippen molar-refractivity contribution in [2.24, 2.45) is 7.05 Å². The maximum atomic E-state index is 11.2. The highest BCUT2D eigenvalue weighted by Gasteiger charge is 2.21. The Morgan fingerprint density at radius 2 is 1.80 bits per heavy atom. The van der Waals surface area contributed by atoms with Crippen molar-refractivity contribution >= 4 is 21.9 Å². The van der Waals surface area contributed by atoms with E-state index in [1.54, 1.807) is 7.05 Å². The molecule has 0 bridgehead atoms. The first-order valence-corrected chi connectivity index (χ1v) is 7.08. The minimum Gasteiger partial charge on any atom is -0.476 e. The third kappa shape index (κ3) is 2.63. The van der Waals surface area contributed by atoms with Crippen LogP contribution >= 0.6 is 15.9 Å². The molecule has 0 aliphatic rings. The molecule has 0 spiro atoms. The smallest absolute Gasteiger partial charge is 0.355 e. The molecule has 5 heteroatoms. The quantitative estimate of drug-likeness (QED) is 0.906. The van der Waals surface area contributed by atoms with Crippen LogP contribution in [0.25, 0.3) is 11.3 Å². The van der Waals surface area contributed by atoms with Gasteiger partial charge in [0.1, 0.15) is 5.69 Å². The average Bonchev–Trinajstić information content (AvgIpc) is 2.64. The Hall–Kier alpha value is -1.62. The van der Waals surface area contributed by atoms with Crippen molar-refractivity contribution in [2.75, 3.05) is 0 Å². The van der Waals surface area contributed by atoms with Gasteiger partial charge in [0.2, 0.25) is 0 Å². The second-order valence-electron chi connectivity index (χ2n) is 5.77. The molecule has 106 valence electrons. The first kappa shape index (κ1) is 14.8. The molecule has 0 aliphatic carbocycles. The van der Waals surface area contributed by atoms with E-state index in [0.717, 1.165) is 5.56 Å². The maximum Gasteiger partial charge on any atom is 0.355 e. The van der Waals surface area contributed by atoms with Crippen LogP contribution in [0.2, 0.25) is 0 Å². The summed E-state index contributed by atoms with van der Waals surface area (Å²) in [6.07, 6.45) is 0. The number of carbonyl (C=O) groups is 1. The van der Waals surface area contributed by atoms with Crippen LogP contribution in [0.15, 0.2) is 28.7 Å². The van der Waals surface area contributed by atoms with Gasteiger partial charge in [0.25, 0.3) is 0 Å². The monoisotopic (exact) mass is 336 g/mol. The van der Waals surface area contributed by atoms with Gasteiger partial charge < -0.3 is 5.11 Å². The van der Waals surface area contributed by atoms with E-state index in [4.69, 9.17) is 5.11 Å². The van der Waals surface area contributed by atoms with E-state index < -0.39 is 5.97 Å². The van der Waals surface area contributed by atoms with Crippen LogP contribution in [0.1, 0.15) is 36.8 Å². The number of carboxylic acid groups (broad SMARTS) is 1. The van der Waals surface area contributed by atoms with Crippen LogP contribution < -0.4 is 0 Å². The molecule has 0 amide bonds. The van der Waals surface area contributed by atoms with Crippen molar-refractivity contribution in [3.63, 3.8) is 0 Å². The molecule has 0 fully saturated rings. The van der Waals surface area contributed by atoms with Crippen molar-refractivity contribution in [2.45, 2.75) is 26.2 Å². The van der Waals surface area contributed by atoms with E-state index in [1.165, 1.54) is 10.2 Å². The third-order valence-corrected chi connectivity index (χ3v) is 3.97. The fraction of sp³-hybridized carbons (Fsp3) is 0.333. The van der Waals surface area contributed by atoms with Gasteiger partial charge in [-0.2, -0.15) is 5.10 Å². The van der Waals surface area contributed by atoms with Crippen molar-refractivity contribution in [1.82, 2.24) is 9.78 Å². The highest BCUT2D eigenvalue weighted by atomic mass is 79.9. The fourth-order valence-corrected chi connectivity index (χ4v) is 2.78. The number of carboxylic acids is 1. The maximum absolute atomic E-state index is 11.2. The summed E-state index contributed by atoms with van der Waals surface area (Å²) in [6, 6.07) is 8.05. The molecule has 0 unspecified atom stereocenters. The molecule has 0 atom stereocenters. The number of aryl methyl sites for hydroxylation is 1. The molecule has 1 N–H and O–H groups in total.